The maximum Gasteiger partial charge on any atom is 0.308 e. The summed E-state index contributed by atoms with van der Waals surface area (Å²) in [5.74, 6) is -0.468. The third kappa shape index (κ3) is 3.02. The molecule has 6 nitrogen and oxygen atoms in total. The summed E-state index contributed by atoms with van der Waals surface area (Å²) < 4.78 is 32.9. The first-order valence-electron chi connectivity index (χ1n) is 8.30. The van der Waals surface area contributed by atoms with Crippen LogP contribution in [0.1, 0.15) is 33.1 Å². The monoisotopic (exact) mass is 353 g/mol. The lowest BCUT2D eigenvalue weighted by atomic mass is 9.89. The topological polar surface area (TPSA) is 83.9 Å². The van der Waals surface area contributed by atoms with Gasteiger partial charge in [-0.3, -0.25) is 4.79 Å². The van der Waals surface area contributed by atoms with Crippen molar-refractivity contribution in [1.29, 1.82) is 0 Å². The third-order valence-corrected chi connectivity index (χ3v) is 6.76. The molecule has 132 valence electrons. The third-order valence-electron chi connectivity index (χ3n) is 4.77. The SMILES string of the molecule is CC(C)COc1ccc(S(=O)(=O)N2C3CCC2C(C(=O)O)C3)cc1. The van der Waals surface area contributed by atoms with Crippen molar-refractivity contribution < 1.29 is 23.1 Å². The molecule has 1 N–H and O–H groups in total. The molecule has 2 aliphatic heterocycles. The van der Waals surface area contributed by atoms with Gasteiger partial charge in [0.15, 0.2) is 0 Å². The molecule has 2 saturated heterocycles. The van der Waals surface area contributed by atoms with Crippen molar-refractivity contribution in [3.63, 3.8) is 0 Å². The Morgan fingerprint density at radius 3 is 2.50 bits per heavy atom. The molecule has 1 aromatic carbocycles. The Balaban J connectivity index is 1.80. The van der Waals surface area contributed by atoms with E-state index in [0.717, 1.165) is 6.42 Å². The average molecular weight is 353 g/mol. The Kier molecular flexibility index (Phi) is 4.57. The van der Waals surface area contributed by atoms with Crippen molar-refractivity contribution >= 4 is 16.0 Å². The molecule has 1 aromatic rings. The van der Waals surface area contributed by atoms with Crippen LogP contribution in [0.5, 0.6) is 5.75 Å². The van der Waals surface area contributed by atoms with Gasteiger partial charge in [0.1, 0.15) is 5.75 Å². The van der Waals surface area contributed by atoms with E-state index >= 15 is 0 Å². The number of aliphatic carboxylic acids is 1. The number of hydrogen-bond acceptors (Lipinski definition) is 4. The fourth-order valence-electron chi connectivity index (χ4n) is 3.67. The van der Waals surface area contributed by atoms with Gasteiger partial charge in [-0.15, -0.1) is 0 Å². The fourth-order valence-corrected chi connectivity index (χ4v) is 5.59. The van der Waals surface area contributed by atoms with Gasteiger partial charge in [0, 0.05) is 12.1 Å². The van der Waals surface area contributed by atoms with Crippen molar-refractivity contribution in [1.82, 2.24) is 4.31 Å². The Hall–Kier alpha value is -1.60. The highest BCUT2D eigenvalue weighted by Gasteiger charge is 2.54. The van der Waals surface area contributed by atoms with Gasteiger partial charge in [-0.1, -0.05) is 13.8 Å². The second kappa shape index (κ2) is 6.37. The summed E-state index contributed by atoms with van der Waals surface area (Å²) in [7, 11) is -3.67. The van der Waals surface area contributed by atoms with Crippen LogP contribution < -0.4 is 4.74 Å². The maximum atomic E-state index is 12.9. The van der Waals surface area contributed by atoms with E-state index in [-0.39, 0.29) is 10.9 Å². The minimum absolute atomic E-state index is 0.196. The van der Waals surface area contributed by atoms with Crippen molar-refractivity contribution in [2.75, 3.05) is 6.61 Å². The van der Waals surface area contributed by atoms with Gasteiger partial charge in [0.25, 0.3) is 0 Å². The normalized spacial score (nSPS) is 26.9. The van der Waals surface area contributed by atoms with Crippen molar-refractivity contribution in [3.05, 3.63) is 24.3 Å². The standard InChI is InChI=1S/C17H23NO5S/c1-11(2)10-23-13-4-6-14(7-5-13)24(21,22)18-12-3-8-16(18)15(9-12)17(19)20/h4-7,11-12,15-16H,3,8-10H2,1-2H3,(H,19,20). The number of ether oxygens (including phenoxy) is 1. The predicted molar refractivity (Wildman–Crippen MR) is 88.4 cm³/mol. The largest absolute Gasteiger partial charge is 0.493 e. The molecule has 3 rings (SSSR count). The number of benzene rings is 1. The van der Waals surface area contributed by atoms with Crippen LogP contribution in [0.15, 0.2) is 29.2 Å². The smallest absolute Gasteiger partial charge is 0.308 e. The number of carboxylic acid groups (broad SMARTS) is 1. The van der Waals surface area contributed by atoms with Crippen LogP contribution in [0.25, 0.3) is 0 Å². The molecule has 2 aliphatic rings. The number of nitrogens with zero attached hydrogens (tertiary/aromatic N) is 1. The van der Waals surface area contributed by atoms with E-state index in [4.69, 9.17) is 4.74 Å². The molecule has 0 spiro atoms. The number of hydrogen-bond donors (Lipinski definition) is 1. The highest BCUT2D eigenvalue weighted by molar-refractivity contribution is 7.89. The number of sulfonamides is 1. The van der Waals surface area contributed by atoms with E-state index in [1.165, 1.54) is 4.31 Å². The van der Waals surface area contributed by atoms with Crippen LogP contribution >= 0.6 is 0 Å². The Labute approximate surface area is 142 Å². The Bertz CT molecular complexity index is 713. The zero-order valence-corrected chi connectivity index (χ0v) is 14.7. The summed E-state index contributed by atoms with van der Waals surface area (Å²) in [6.07, 6.45) is 1.77. The summed E-state index contributed by atoms with van der Waals surface area (Å²) in [6.45, 7) is 4.66. The Morgan fingerprint density at radius 1 is 1.29 bits per heavy atom. The first-order valence-corrected chi connectivity index (χ1v) is 9.74. The summed E-state index contributed by atoms with van der Waals surface area (Å²) in [4.78, 5) is 11.5. The van der Waals surface area contributed by atoms with E-state index in [1.54, 1.807) is 24.3 Å². The molecular formula is C17H23NO5S. The molecule has 0 saturated carbocycles. The van der Waals surface area contributed by atoms with Crippen LogP contribution in [0.3, 0.4) is 0 Å². The molecular weight excluding hydrogens is 330 g/mol. The molecule has 2 fully saturated rings. The van der Waals surface area contributed by atoms with Gasteiger partial charge in [-0.25, -0.2) is 8.42 Å². The van der Waals surface area contributed by atoms with Crippen LogP contribution in [0.2, 0.25) is 0 Å². The zero-order valence-electron chi connectivity index (χ0n) is 13.9. The lowest BCUT2D eigenvalue weighted by Gasteiger charge is -2.22. The summed E-state index contributed by atoms with van der Waals surface area (Å²) >= 11 is 0. The summed E-state index contributed by atoms with van der Waals surface area (Å²) in [5, 5.41) is 9.29. The molecule has 3 unspecified atom stereocenters. The minimum Gasteiger partial charge on any atom is -0.493 e. The van der Waals surface area contributed by atoms with Gasteiger partial charge in [-0.2, -0.15) is 4.31 Å². The zero-order chi connectivity index (χ0) is 17.5. The first kappa shape index (κ1) is 17.2. The number of rotatable bonds is 6. The van der Waals surface area contributed by atoms with E-state index in [9.17, 15) is 18.3 Å². The molecule has 0 aliphatic carbocycles. The van der Waals surface area contributed by atoms with Gasteiger partial charge in [0.2, 0.25) is 10.0 Å². The van der Waals surface area contributed by atoms with Crippen molar-refractivity contribution in [3.8, 4) is 5.75 Å². The van der Waals surface area contributed by atoms with Crippen molar-refractivity contribution in [2.24, 2.45) is 11.8 Å². The van der Waals surface area contributed by atoms with Gasteiger partial charge >= 0.3 is 5.97 Å². The molecule has 2 bridgehead atoms. The van der Waals surface area contributed by atoms with E-state index in [2.05, 4.69) is 0 Å². The van der Waals surface area contributed by atoms with E-state index in [0.29, 0.717) is 31.1 Å². The molecule has 0 amide bonds. The Morgan fingerprint density at radius 2 is 1.96 bits per heavy atom. The number of carboxylic acids is 1. The van der Waals surface area contributed by atoms with Gasteiger partial charge in [0.05, 0.1) is 17.4 Å². The van der Waals surface area contributed by atoms with Crippen LogP contribution in [-0.4, -0.2) is 42.5 Å². The van der Waals surface area contributed by atoms with Crippen LogP contribution in [-0.2, 0) is 14.8 Å². The second-order valence-electron chi connectivity index (χ2n) is 6.99. The predicted octanol–water partition coefficient (Wildman–Crippen LogP) is 2.35. The van der Waals surface area contributed by atoms with E-state index < -0.39 is 28.0 Å². The molecule has 3 atom stereocenters. The quantitative estimate of drug-likeness (QED) is 0.849. The highest BCUT2D eigenvalue weighted by atomic mass is 32.2. The van der Waals surface area contributed by atoms with Crippen molar-refractivity contribution in [2.45, 2.75) is 50.1 Å². The maximum absolute atomic E-state index is 12.9. The lowest BCUT2D eigenvalue weighted by molar-refractivity contribution is -0.142. The number of carbonyl (C=O) groups is 1. The average Bonchev–Trinajstić information content (AvgIpc) is 3.12. The lowest BCUT2D eigenvalue weighted by Crippen LogP contribution is -2.37. The fraction of sp³-hybridized carbons (Fsp3) is 0.588. The second-order valence-corrected chi connectivity index (χ2v) is 8.83. The molecule has 0 radical (unpaired) electrons. The first-order chi connectivity index (χ1) is 11.3. The minimum atomic E-state index is -3.67. The molecule has 7 heteroatoms. The molecule has 24 heavy (non-hydrogen) atoms. The number of fused-ring (bicyclic) bond motifs is 2. The summed E-state index contributed by atoms with van der Waals surface area (Å²) in [5.41, 5.74) is 0. The molecule has 0 aromatic heterocycles. The van der Waals surface area contributed by atoms with Crippen LogP contribution in [0.4, 0.5) is 0 Å². The van der Waals surface area contributed by atoms with Crippen LogP contribution in [0, 0.1) is 11.8 Å². The van der Waals surface area contributed by atoms with Gasteiger partial charge < -0.3 is 9.84 Å². The van der Waals surface area contributed by atoms with Gasteiger partial charge in [-0.05, 0) is 49.4 Å². The molecule has 2 heterocycles. The summed E-state index contributed by atoms with van der Waals surface area (Å²) in [6, 6.07) is 5.77. The van der Waals surface area contributed by atoms with E-state index in [1.807, 2.05) is 13.8 Å². The highest BCUT2D eigenvalue weighted by Crippen LogP contribution is 2.45.